The van der Waals surface area contributed by atoms with Gasteiger partial charge in [0.05, 0.1) is 11.6 Å². The number of alkyl halides is 3. The first kappa shape index (κ1) is 16.9. The van der Waals surface area contributed by atoms with E-state index in [1.165, 1.54) is 30.9 Å². The number of hydrogen-bond acceptors (Lipinski definition) is 2. The average Bonchev–Trinajstić information content (AvgIpc) is 3.09. The van der Waals surface area contributed by atoms with Crippen LogP contribution in [0.25, 0.3) is 11.8 Å². The summed E-state index contributed by atoms with van der Waals surface area (Å²) in [6.45, 7) is 0. The van der Waals surface area contributed by atoms with Gasteiger partial charge < -0.3 is 0 Å². The van der Waals surface area contributed by atoms with E-state index in [1.54, 1.807) is 28.9 Å². The number of hydrogen-bond donors (Lipinski definition) is 0. The lowest BCUT2D eigenvalue weighted by atomic mass is 9.97. The maximum atomic E-state index is 13.3. The Morgan fingerprint density at radius 1 is 1.04 bits per heavy atom. The van der Waals surface area contributed by atoms with E-state index in [0.29, 0.717) is 5.56 Å². The zero-order chi connectivity index (χ0) is 17.9. The molecular formula is C18H13F4N3. The van der Waals surface area contributed by atoms with E-state index >= 15 is 0 Å². The molecule has 128 valence electrons. The van der Waals surface area contributed by atoms with Crippen molar-refractivity contribution >= 4 is 6.08 Å². The largest absolute Gasteiger partial charge is 0.399 e. The van der Waals surface area contributed by atoms with Crippen LogP contribution < -0.4 is 0 Å². The van der Waals surface area contributed by atoms with Crippen molar-refractivity contribution in [2.24, 2.45) is 0 Å². The van der Waals surface area contributed by atoms with Crippen molar-refractivity contribution in [2.45, 2.75) is 12.1 Å². The highest BCUT2D eigenvalue weighted by atomic mass is 19.4. The molecule has 1 aromatic heterocycles. The van der Waals surface area contributed by atoms with Crippen LogP contribution in [-0.2, 0) is 0 Å². The van der Waals surface area contributed by atoms with Crippen molar-refractivity contribution in [3.05, 3.63) is 84.2 Å². The van der Waals surface area contributed by atoms with E-state index in [9.17, 15) is 17.6 Å². The van der Waals surface area contributed by atoms with Crippen LogP contribution in [-0.4, -0.2) is 20.9 Å². The molecular weight excluding hydrogens is 334 g/mol. The van der Waals surface area contributed by atoms with Crippen molar-refractivity contribution in [3.8, 4) is 5.69 Å². The molecule has 7 heteroatoms. The van der Waals surface area contributed by atoms with Crippen molar-refractivity contribution in [3.63, 3.8) is 0 Å². The van der Waals surface area contributed by atoms with Crippen LogP contribution in [0.2, 0.25) is 0 Å². The predicted octanol–water partition coefficient (Wildman–Crippen LogP) is 4.77. The molecule has 0 bridgehead atoms. The van der Waals surface area contributed by atoms with Crippen LogP contribution in [0.5, 0.6) is 0 Å². The topological polar surface area (TPSA) is 30.7 Å². The summed E-state index contributed by atoms with van der Waals surface area (Å²) >= 11 is 0. The van der Waals surface area contributed by atoms with E-state index in [1.807, 2.05) is 0 Å². The van der Waals surface area contributed by atoms with Gasteiger partial charge in [-0.3, -0.25) is 0 Å². The number of allylic oxidation sites excluding steroid dienone is 1. The molecule has 0 radical (unpaired) electrons. The molecule has 3 rings (SSSR count). The highest BCUT2D eigenvalue weighted by molar-refractivity contribution is 5.53. The molecule has 0 amide bonds. The molecule has 0 saturated carbocycles. The van der Waals surface area contributed by atoms with Gasteiger partial charge in [-0.1, -0.05) is 36.4 Å². The van der Waals surface area contributed by atoms with Gasteiger partial charge in [0.1, 0.15) is 18.5 Å². The third kappa shape index (κ3) is 4.12. The Hall–Kier alpha value is -2.96. The predicted molar refractivity (Wildman–Crippen MR) is 85.6 cm³/mol. The molecule has 1 unspecified atom stereocenters. The lowest BCUT2D eigenvalue weighted by Gasteiger charge is -2.17. The average molecular weight is 347 g/mol. The van der Waals surface area contributed by atoms with Crippen LogP contribution in [0.15, 0.2) is 67.3 Å². The molecule has 1 atom stereocenters. The number of halogens is 4. The Labute approximate surface area is 141 Å². The van der Waals surface area contributed by atoms with Crippen LogP contribution in [0.3, 0.4) is 0 Å². The maximum absolute atomic E-state index is 13.3. The van der Waals surface area contributed by atoms with Crippen molar-refractivity contribution in [2.75, 3.05) is 0 Å². The minimum atomic E-state index is -4.51. The molecule has 0 spiro atoms. The van der Waals surface area contributed by atoms with Crippen LogP contribution in [0.1, 0.15) is 17.0 Å². The Bertz CT molecular complexity index is 853. The fraction of sp³-hybridized carbons (Fsp3) is 0.111. The fourth-order valence-corrected chi connectivity index (χ4v) is 2.40. The SMILES string of the molecule is Fc1cccc(C(C=Cc2ccc(-n3cncn3)cc2)C(F)(F)F)c1. The van der Waals surface area contributed by atoms with Gasteiger partial charge in [0.25, 0.3) is 0 Å². The highest BCUT2D eigenvalue weighted by Gasteiger charge is 2.38. The van der Waals surface area contributed by atoms with Gasteiger partial charge in [-0.15, -0.1) is 0 Å². The summed E-state index contributed by atoms with van der Waals surface area (Å²) < 4.78 is 54.7. The minimum Gasteiger partial charge on any atom is -0.223 e. The highest BCUT2D eigenvalue weighted by Crippen LogP contribution is 2.36. The van der Waals surface area contributed by atoms with Gasteiger partial charge in [0, 0.05) is 0 Å². The smallest absolute Gasteiger partial charge is 0.223 e. The summed E-state index contributed by atoms with van der Waals surface area (Å²) in [4.78, 5) is 3.83. The Kier molecular flexibility index (Phi) is 4.65. The number of rotatable bonds is 4. The monoisotopic (exact) mass is 347 g/mol. The van der Waals surface area contributed by atoms with Gasteiger partial charge in [-0.2, -0.15) is 18.3 Å². The second-order valence-corrected chi connectivity index (χ2v) is 5.36. The Balaban J connectivity index is 1.84. The Morgan fingerprint density at radius 2 is 1.80 bits per heavy atom. The molecule has 0 N–H and O–H groups in total. The van der Waals surface area contributed by atoms with Crippen molar-refractivity contribution in [1.82, 2.24) is 14.8 Å². The molecule has 3 aromatic rings. The lowest BCUT2D eigenvalue weighted by molar-refractivity contribution is -0.139. The van der Waals surface area contributed by atoms with Crippen LogP contribution in [0, 0.1) is 5.82 Å². The minimum absolute atomic E-state index is 0.136. The standard InChI is InChI=1S/C18H13F4N3/c19-15-3-1-2-14(10-15)17(18(20,21)22)9-6-13-4-7-16(8-5-13)25-12-23-11-24-25/h1-12,17H. The summed E-state index contributed by atoms with van der Waals surface area (Å²) in [7, 11) is 0. The molecule has 0 saturated heterocycles. The van der Waals surface area contributed by atoms with E-state index in [0.717, 1.165) is 23.9 Å². The molecule has 0 aliphatic carbocycles. The van der Waals surface area contributed by atoms with Gasteiger partial charge in [0.15, 0.2) is 0 Å². The third-order valence-corrected chi connectivity index (χ3v) is 3.62. The summed E-state index contributed by atoms with van der Waals surface area (Å²) in [6.07, 6.45) is 0.799. The zero-order valence-corrected chi connectivity index (χ0v) is 12.9. The van der Waals surface area contributed by atoms with Gasteiger partial charge in [-0.05, 0) is 35.4 Å². The third-order valence-electron chi connectivity index (χ3n) is 3.62. The summed E-state index contributed by atoms with van der Waals surface area (Å²) in [6, 6.07) is 11.3. The molecule has 1 heterocycles. The van der Waals surface area contributed by atoms with Gasteiger partial charge in [-0.25, -0.2) is 14.1 Å². The van der Waals surface area contributed by atoms with Crippen molar-refractivity contribution < 1.29 is 17.6 Å². The van der Waals surface area contributed by atoms with E-state index in [-0.39, 0.29) is 5.56 Å². The lowest BCUT2D eigenvalue weighted by Crippen LogP contribution is -2.19. The van der Waals surface area contributed by atoms with Gasteiger partial charge in [0.2, 0.25) is 0 Å². The second-order valence-electron chi connectivity index (χ2n) is 5.36. The summed E-state index contributed by atoms with van der Waals surface area (Å²) in [5, 5.41) is 3.97. The first-order valence-electron chi connectivity index (χ1n) is 7.39. The number of aromatic nitrogens is 3. The fourth-order valence-electron chi connectivity index (χ4n) is 2.40. The van der Waals surface area contributed by atoms with Gasteiger partial charge >= 0.3 is 6.18 Å². The van der Waals surface area contributed by atoms with E-state index in [2.05, 4.69) is 10.1 Å². The number of benzene rings is 2. The summed E-state index contributed by atoms with van der Waals surface area (Å²) in [5.74, 6) is -2.57. The number of nitrogens with zero attached hydrogens (tertiary/aromatic N) is 3. The van der Waals surface area contributed by atoms with Crippen LogP contribution in [0.4, 0.5) is 17.6 Å². The zero-order valence-electron chi connectivity index (χ0n) is 12.9. The second kappa shape index (κ2) is 6.88. The molecule has 0 aliphatic heterocycles. The van der Waals surface area contributed by atoms with E-state index < -0.39 is 17.9 Å². The van der Waals surface area contributed by atoms with Crippen LogP contribution >= 0.6 is 0 Å². The Morgan fingerprint density at radius 3 is 2.40 bits per heavy atom. The molecule has 3 nitrogen and oxygen atoms in total. The molecule has 2 aromatic carbocycles. The molecule has 25 heavy (non-hydrogen) atoms. The quantitative estimate of drug-likeness (QED) is 0.637. The maximum Gasteiger partial charge on any atom is 0.399 e. The first-order chi connectivity index (χ1) is 11.9. The first-order valence-corrected chi connectivity index (χ1v) is 7.39. The summed E-state index contributed by atoms with van der Waals surface area (Å²) in [5.41, 5.74) is 1.20. The molecule has 0 aliphatic rings. The normalized spacial score (nSPS) is 13.3. The van der Waals surface area contributed by atoms with E-state index in [4.69, 9.17) is 0 Å². The van der Waals surface area contributed by atoms with Crippen molar-refractivity contribution in [1.29, 1.82) is 0 Å². The molecule has 0 fully saturated rings.